The fourth-order valence-corrected chi connectivity index (χ4v) is 6.02. The van der Waals surface area contributed by atoms with E-state index in [1.54, 1.807) is 30.3 Å². The van der Waals surface area contributed by atoms with Gasteiger partial charge in [0.15, 0.2) is 0 Å². The van der Waals surface area contributed by atoms with Crippen molar-refractivity contribution in [3.63, 3.8) is 0 Å². The third-order valence-corrected chi connectivity index (χ3v) is 8.24. The maximum Gasteiger partial charge on any atom is 0.261 e. The second kappa shape index (κ2) is 10.0. The zero-order chi connectivity index (χ0) is 23.4. The van der Waals surface area contributed by atoms with E-state index >= 15 is 0 Å². The Bertz CT molecular complexity index is 1130. The number of carbonyl (C=O) groups is 2. The van der Waals surface area contributed by atoms with Gasteiger partial charge in [-0.2, -0.15) is 0 Å². The molecule has 2 aliphatic heterocycles. The van der Waals surface area contributed by atoms with E-state index in [0.717, 1.165) is 30.8 Å². The summed E-state index contributed by atoms with van der Waals surface area (Å²) >= 11 is 1.45. The quantitative estimate of drug-likeness (QED) is 0.616. The van der Waals surface area contributed by atoms with Gasteiger partial charge in [0.1, 0.15) is 5.75 Å². The lowest BCUT2D eigenvalue weighted by atomic mass is 10.1. The van der Waals surface area contributed by atoms with Gasteiger partial charge in [-0.3, -0.25) is 14.3 Å². The number of thioether (sulfide) groups is 1. The minimum Gasteiger partial charge on any atom is -0.494 e. The molecule has 0 radical (unpaired) electrons. The van der Waals surface area contributed by atoms with Crippen LogP contribution in [0.15, 0.2) is 52.3 Å². The predicted molar refractivity (Wildman–Crippen MR) is 128 cm³/mol. The van der Waals surface area contributed by atoms with Crippen molar-refractivity contribution in [3.8, 4) is 5.75 Å². The number of likely N-dealkylation sites (tertiary alicyclic amines) is 1. The van der Waals surface area contributed by atoms with Crippen LogP contribution >= 0.6 is 11.8 Å². The molecule has 33 heavy (non-hydrogen) atoms. The molecule has 1 fully saturated rings. The summed E-state index contributed by atoms with van der Waals surface area (Å²) < 4.78 is 33.7. The summed E-state index contributed by atoms with van der Waals surface area (Å²) in [5.74, 6) is 0.403. The van der Waals surface area contributed by atoms with Gasteiger partial charge in [-0.25, -0.2) is 8.42 Å². The van der Waals surface area contributed by atoms with Crippen LogP contribution in [0, 0.1) is 5.92 Å². The number of anilines is 2. The minimum absolute atomic E-state index is 0.00188. The van der Waals surface area contributed by atoms with E-state index in [1.165, 1.54) is 23.9 Å². The second-order valence-corrected chi connectivity index (χ2v) is 10.8. The third kappa shape index (κ3) is 5.62. The molecular weight excluding hydrogens is 462 g/mol. The SMILES string of the molecule is CCOc1ccc(NS(=O)(=O)c2ccc3c(c2)NC(=O)[C@@H](CC(=O)N2CCCC2)CS3)cc1. The van der Waals surface area contributed by atoms with Gasteiger partial charge in [0.2, 0.25) is 11.8 Å². The number of rotatable bonds is 7. The van der Waals surface area contributed by atoms with Crippen molar-refractivity contribution in [3.05, 3.63) is 42.5 Å². The van der Waals surface area contributed by atoms with Crippen LogP contribution in [0.5, 0.6) is 5.75 Å². The molecule has 0 aliphatic carbocycles. The number of nitrogens with zero attached hydrogens (tertiary/aromatic N) is 1. The topological polar surface area (TPSA) is 105 Å². The van der Waals surface area contributed by atoms with Crippen molar-refractivity contribution in [2.24, 2.45) is 5.92 Å². The van der Waals surface area contributed by atoms with Crippen molar-refractivity contribution >= 4 is 45.0 Å². The average molecular weight is 490 g/mol. The predicted octanol–water partition coefficient (Wildman–Crippen LogP) is 3.56. The van der Waals surface area contributed by atoms with Crippen LogP contribution in [-0.4, -0.2) is 50.6 Å². The number of nitrogens with one attached hydrogen (secondary N) is 2. The highest BCUT2D eigenvalue weighted by molar-refractivity contribution is 7.99. The number of amides is 2. The smallest absolute Gasteiger partial charge is 0.261 e. The lowest BCUT2D eigenvalue weighted by Gasteiger charge is -2.18. The molecule has 2 N–H and O–H groups in total. The Hall–Kier alpha value is -2.72. The molecule has 0 unspecified atom stereocenters. The Morgan fingerprint density at radius 3 is 2.61 bits per heavy atom. The third-order valence-electron chi connectivity index (χ3n) is 5.63. The monoisotopic (exact) mass is 489 g/mol. The molecule has 8 nitrogen and oxygen atoms in total. The molecule has 2 amide bonds. The molecule has 2 aromatic rings. The largest absolute Gasteiger partial charge is 0.494 e. The fraction of sp³-hybridized carbons (Fsp3) is 0.391. The molecule has 0 saturated carbocycles. The Kier molecular flexibility index (Phi) is 7.14. The molecular formula is C23H27N3O5S2. The highest BCUT2D eigenvalue weighted by Crippen LogP contribution is 2.35. The molecule has 2 aliphatic rings. The molecule has 0 spiro atoms. The molecule has 176 valence electrons. The maximum atomic E-state index is 12.9. The molecule has 2 heterocycles. The Morgan fingerprint density at radius 2 is 1.91 bits per heavy atom. The highest BCUT2D eigenvalue weighted by atomic mass is 32.2. The van der Waals surface area contributed by atoms with Gasteiger partial charge in [0, 0.05) is 35.8 Å². The highest BCUT2D eigenvalue weighted by Gasteiger charge is 2.30. The van der Waals surface area contributed by atoms with E-state index in [1.807, 2.05) is 11.8 Å². The van der Waals surface area contributed by atoms with E-state index in [9.17, 15) is 18.0 Å². The van der Waals surface area contributed by atoms with Crippen LogP contribution < -0.4 is 14.8 Å². The Balaban J connectivity index is 1.46. The second-order valence-electron chi connectivity index (χ2n) is 8.01. The standard InChI is InChI=1S/C23H27N3O5S2/c1-2-31-18-7-5-17(6-8-18)25-33(29,30)19-9-10-21-20(14-19)24-23(28)16(15-32-21)13-22(27)26-11-3-4-12-26/h5-10,14,16,25H,2-4,11-13,15H2,1H3,(H,24,28)/t16-/m0/s1. The van der Waals surface area contributed by atoms with Gasteiger partial charge >= 0.3 is 0 Å². The van der Waals surface area contributed by atoms with E-state index in [-0.39, 0.29) is 23.1 Å². The van der Waals surface area contributed by atoms with Crippen LogP contribution in [0.1, 0.15) is 26.2 Å². The van der Waals surface area contributed by atoms with E-state index < -0.39 is 15.9 Å². The van der Waals surface area contributed by atoms with Crippen molar-refractivity contribution in [2.75, 3.05) is 35.5 Å². The number of ether oxygens (including phenoxy) is 1. The molecule has 1 saturated heterocycles. The molecule has 1 atom stereocenters. The number of fused-ring (bicyclic) bond motifs is 1. The summed E-state index contributed by atoms with van der Waals surface area (Å²) in [7, 11) is -3.86. The first-order valence-corrected chi connectivity index (χ1v) is 13.4. The fourth-order valence-electron chi connectivity index (χ4n) is 3.86. The van der Waals surface area contributed by atoms with E-state index in [2.05, 4.69) is 10.0 Å². The summed E-state index contributed by atoms with van der Waals surface area (Å²) in [6.07, 6.45) is 2.17. The van der Waals surface area contributed by atoms with Crippen LogP contribution in [0.25, 0.3) is 0 Å². The lowest BCUT2D eigenvalue weighted by Crippen LogP contribution is -2.33. The summed E-state index contributed by atoms with van der Waals surface area (Å²) in [4.78, 5) is 27.9. The molecule has 0 bridgehead atoms. The number of sulfonamides is 1. The maximum absolute atomic E-state index is 12.9. The zero-order valence-corrected chi connectivity index (χ0v) is 20.0. The van der Waals surface area contributed by atoms with Gasteiger partial charge in [0.05, 0.1) is 23.1 Å². The average Bonchev–Trinajstić information content (AvgIpc) is 3.28. The Morgan fingerprint density at radius 1 is 1.18 bits per heavy atom. The van der Waals surface area contributed by atoms with Gasteiger partial charge in [-0.05, 0) is 62.2 Å². The first-order chi connectivity index (χ1) is 15.9. The van der Waals surface area contributed by atoms with Crippen LogP contribution in [0.3, 0.4) is 0 Å². The van der Waals surface area contributed by atoms with Crippen LogP contribution in [-0.2, 0) is 19.6 Å². The Labute approximate surface area is 198 Å². The van der Waals surface area contributed by atoms with Crippen molar-refractivity contribution in [1.82, 2.24) is 4.90 Å². The molecule has 0 aromatic heterocycles. The van der Waals surface area contributed by atoms with Crippen molar-refractivity contribution in [1.29, 1.82) is 0 Å². The number of benzene rings is 2. The van der Waals surface area contributed by atoms with Gasteiger partial charge in [0.25, 0.3) is 10.0 Å². The van der Waals surface area contributed by atoms with E-state index in [4.69, 9.17) is 4.74 Å². The van der Waals surface area contributed by atoms with E-state index in [0.29, 0.717) is 29.5 Å². The molecule has 10 heteroatoms. The van der Waals surface area contributed by atoms with Crippen molar-refractivity contribution in [2.45, 2.75) is 36.0 Å². The van der Waals surface area contributed by atoms with Crippen molar-refractivity contribution < 1.29 is 22.7 Å². The first kappa shape index (κ1) is 23.4. The summed E-state index contributed by atoms with van der Waals surface area (Å²) in [6.45, 7) is 3.91. The minimum atomic E-state index is -3.86. The number of carbonyl (C=O) groups excluding carboxylic acids is 2. The summed E-state index contributed by atoms with van der Waals surface area (Å²) in [5, 5.41) is 2.83. The first-order valence-electron chi connectivity index (χ1n) is 11.0. The number of hydrogen-bond acceptors (Lipinski definition) is 6. The zero-order valence-electron chi connectivity index (χ0n) is 18.4. The van der Waals surface area contributed by atoms with Gasteiger partial charge < -0.3 is 15.0 Å². The number of hydrogen-bond donors (Lipinski definition) is 2. The van der Waals surface area contributed by atoms with Gasteiger partial charge in [-0.15, -0.1) is 11.8 Å². The lowest BCUT2D eigenvalue weighted by molar-refractivity contribution is -0.133. The van der Waals surface area contributed by atoms with Crippen LogP contribution in [0.2, 0.25) is 0 Å². The normalized spacial score (nSPS) is 18.3. The summed E-state index contributed by atoms with van der Waals surface area (Å²) in [5.41, 5.74) is 0.850. The molecule has 4 rings (SSSR count). The van der Waals surface area contributed by atoms with Gasteiger partial charge in [-0.1, -0.05) is 0 Å². The summed E-state index contributed by atoms with van der Waals surface area (Å²) in [6, 6.07) is 11.3. The molecule has 2 aromatic carbocycles. The van der Waals surface area contributed by atoms with Crippen LogP contribution in [0.4, 0.5) is 11.4 Å².